The number of aromatic nitrogens is 3. The lowest BCUT2D eigenvalue weighted by molar-refractivity contribution is -0.148. The number of aromatic amines is 1. The maximum atomic E-state index is 13.1. The summed E-state index contributed by atoms with van der Waals surface area (Å²) in [4.78, 5) is 41.8. The van der Waals surface area contributed by atoms with E-state index < -0.39 is 5.41 Å². The highest BCUT2D eigenvalue weighted by Gasteiger charge is 2.40. The number of carbonyl (C=O) groups is 2. The molecule has 7 nitrogen and oxygen atoms in total. The Kier molecular flexibility index (Phi) is 4.85. The number of imidazole rings is 1. The van der Waals surface area contributed by atoms with Crippen LogP contribution < -0.4 is 0 Å². The van der Waals surface area contributed by atoms with Gasteiger partial charge in [-0.3, -0.25) is 14.6 Å². The van der Waals surface area contributed by atoms with Crippen LogP contribution in [0.15, 0.2) is 18.5 Å². The van der Waals surface area contributed by atoms with Gasteiger partial charge in [0, 0.05) is 37.2 Å². The minimum atomic E-state index is -0.452. The monoisotopic (exact) mass is 383 g/mol. The highest BCUT2D eigenvalue weighted by Crippen LogP contribution is 2.30. The van der Waals surface area contributed by atoms with Crippen LogP contribution in [-0.2, 0) is 9.59 Å². The summed E-state index contributed by atoms with van der Waals surface area (Å²) in [7, 11) is 0. The van der Waals surface area contributed by atoms with Gasteiger partial charge in [-0.2, -0.15) is 0 Å². The molecule has 0 saturated carbocycles. The van der Waals surface area contributed by atoms with Crippen molar-refractivity contribution in [3.8, 4) is 0 Å². The largest absolute Gasteiger partial charge is 0.341 e. The van der Waals surface area contributed by atoms with Crippen LogP contribution in [0.2, 0.25) is 0 Å². The zero-order chi connectivity index (χ0) is 19.9. The molecule has 2 amide bonds. The third-order valence-corrected chi connectivity index (χ3v) is 5.94. The average molecular weight is 383 g/mol. The van der Waals surface area contributed by atoms with Gasteiger partial charge in [-0.1, -0.05) is 20.8 Å². The molecule has 1 N–H and O–H groups in total. The Hall–Kier alpha value is -2.44. The standard InChI is InChI=1S/C21H29N5O2/c1-21(2,3)20(28)26-10-4-5-17(26)19(27)25-11-7-14(8-12-25)18-23-15-6-9-22-13-16(15)24-18/h6,9,13-14,17H,4-5,7-8,10-12H2,1-3H3,(H,23,24). The molecule has 150 valence electrons. The lowest BCUT2D eigenvalue weighted by atomic mass is 9.93. The zero-order valence-electron chi connectivity index (χ0n) is 16.9. The van der Waals surface area contributed by atoms with Gasteiger partial charge in [0.1, 0.15) is 11.9 Å². The number of hydrogen-bond acceptors (Lipinski definition) is 4. The minimum absolute atomic E-state index is 0.0779. The highest BCUT2D eigenvalue weighted by molar-refractivity contribution is 5.90. The second-order valence-corrected chi connectivity index (χ2v) is 9.02. The number of fused-ring (bicyclic) bond motifs is 1. The fourth-order valence-electron chi connectivity index (χ4n) is 4.35. The molecule has 2 aliphatic rings. The van der Waals surface area contributed by atoms with Crippen LogP contribution in [0.4, 0.5) is 0 Å². The topological polar surface area (TPSA) is 82.2 Å². The van der Waals surface area contributed by atoms with Gasteiger partial charge in [-0.15, -0.1) is 0 Å². The van der Waals surface area contributed by atoms with E-state index in [1.165, 1.54) is 0 Å². The van der Waals surface area contributed by atoms with Crippen molar-refractivity contribution in [2.45, 2.75) is 58.4 Å². The van der Waals surface area contributed by atoms with E-state index in [1.54, 1.807) is 17.3 Å². The minimum Gasteiger partial charge on any atom is -0.341 e. The second kappa shape index (κ2) is 7.18. The Morgan fingerprint density at radius 3 is 2.57 bits per heavy atom. The molecule has 4 rings (SSSR count). The van der Waals surface area contributed by atoms with Gasteiger partial charge < -0.3 is 14.8 Å². The van der Waals surface area contributed by atoms with Gasteiger partial charge in [0.2, 0.25) is 11.8 Å². The third kappa shape index (κ3) is 3.50. The first-order valence-corrected chi connectivity index (χ1v) is 10.2. The second-order valence-electron chi connectivity index (χ2n) is 9.02. The maximum absolute atomic E-state index is 13.1. The summed E-state index contributed by atoms with van der Waals surface area (Å²) in [6.45, 7) is 7.88. The number of hydrogen-bond donors (Lipinski definition) is 1. The van der Waals surface area contributed by atoms with Crippen LogP contribution in [0.25, 0.3) is 11.0 Å². The normalized spacial score (nSPS) is 21.5. The van der Waals surface area contributed by atoms with Crippen LogP contribution in [-0.4, -0.2) is 62.2 Å². The van der Waals surface area contributed by atoms with Crippen molar-refractivity contribution in [1.82, 2.24) is 24.8 Å². The van der Waals surface area contributed by atoms with Gasteiger partial charge in [0.15, 0.2) is 0 Å². The first-order chi connectivity index (χ1) is 13.3. The van der Waals surface area contributed by atoms with Crippen molar-refractivity contribution >= 4 is 22.8 Å². The molecule has 0 radical (unpaired) electrons. The quantitative estimate of drug-likeness (QED) is 0.864. The summed E-state index contributed by atoms with van der Waals surface area (Å²) < 4.78 is 0. The van der Waals surface area contributed by atoms with Crippen molar-refractivity contribution in [2.75, 3.05) is 19.6 Å². The number of likely N-dealkylation sites (tertiary alicyclic amines) is 2. The smallest absolute Gasteiger partial charge is 0.245 e. The zero-order valence-corrected chi connectivity index (χ0v) is 16.9. The lowest BCUT2D eigenvalue weighted by Gasteiger charge is -2.36. The van der Waals surface area contributed by atoms with Gasteiger partial charge >= 0.3 is 0 Å². The predicted molar refractivity (Wildman–Crippen MR) is 107 cm³/mol. The molecule has 0 spiro atoms. The Morgan fingerprint density at radius 1 is 1.14 bits per heavy atom. The SMILES string of the molecule is CC(C)(C)C(=O)N1CCCC1C(=O)N1CCC(c2nc3ccncc3[nH]2)CC1. The van der Waals surface area contributed by atoms with E-state index in [-0.39, 0.29) is 17.9 Å². The van der Waals surface area contributed by atoms with Gasteiger partial charge in [-0.05, 0) is 31.7 Å². The average Bonchev–Trinajstić information content (AvgIpc) is 3.33. The number of pyridine rings is 1. The van der Waals surface area contributed by atoms with Crippen LogP contribution in [0, 0.1) is 5.41 Å². The Morgan fingerprint density at radius 2 is 1.89 bits per heavy atom. The van der Waals surface area contributed by atoms with Crippen molar-refractivity contribution in [2.24, 2.45) is 5.41 Å². The van der Waals surface area contributed by atoms with E-state index in [4.69, 9.17) is 4.98 Å². The van der Waals surface area contributed by atoms with E-state index in [1.807, 2.05) is 31.7 Å². The molecule has 1 unspecified atom stereocenters. The molecule has 1 atom stereocenters. The van der Waals surface area contributed by atoms with Gasteiger partial charge in [0.25, 0.3) is 0 Å². The molecule has 2 aliphatic heterocycles. The number of piperidine rings is 1. The van der Waals surface area contributed by atoms with Crippen LogP contribution >= 0.6 is 0 Å². The van der Waals surface area contributed by atoms with E-state index in [0.29, 0.717) is 25.6 Å². The van der Waals surface area contributed by atoms with E-state index >= 15 is 0 Å². The maximum Gasteiger partial charge on any atom is 0.245 e. The molecule has 2 fully saturated rings. The summed E-state index contributed by atoms with van der Waals surface area (Å²) in [5.41, 5.74) is 1.44. The summed E-state index contributed by atoms with van der Waals surface area (Å²) in [5, 5.41) is 0. The predicted octanol–water partition coefficient (Wildman–Crippen LogP) is 2.70. The molecule has 0 bridgehead atoms. The van der Waals surface area contributed by atoms with Gasteiger partial charge in [-0.25, -0.2) is 4.98 Å². The molecule has 0 aromatic carbocycles. The number of H-pyrrole nitrogens is 1. The molecule has 2 aromatic rings. The molecule has 7 heteroatoms. The highest BCUT2D eigenvalue weighted by atomic mass is 16.2. The summed E-state index contributed by atoms with van der Waals surface area (Å²) in [6.07, 6.45) is 7.00. The number of nitrogens with one attached hydrogen (secondary N) is 1. The fourth-order valence-corrected chi connectivity index (χ4v) is 4.35. The van der Waals surface area contributed by atoms with E-state index in [2.05, 4.69) is 9.97 Å². The van der Waals surface area contributed by atoms with Crippen LogP contribution in [0.1, 0.15) is 58.2 Å². The Balaban J connectivity index is 1.40. The lowest BCUT2D eigenvalue weighted by Crippen LogP contribution is -2.52. The van der Waals surface area contributed by atoms with Crippen LogP contribution in [0.3, 0.4) is 0 Å². The first kappa shape index (κ1) is 18.9. The molecule has 0 aliphatic carbocycles. The molecular weight excluding hydrogens is 354 g/mol. The fraction of sp³-hybridized carbons (Fsp3) is 0.619. The van der Waals surface area contributed by atoms with E-state index in [9.17, 15) is 9.59 Å². The Bertz CT molecular complexity index is 843. The van der Waals surface area contributed by atoms with Crippen molar-refractivity contribution in [3.05, 3.63) is 24.3 Å². The molecule has 4 heterocycles. The van der Waals surface area contributed by atoms with Crippen molar-refractivity contribution in [3.63, 3.8) is 0 Å². The number of amides is 2. The summed E-state index contributed by atoms with van der Waals surface area (Å²) >= 11 is 0. The summed E-state index contributed by atoms with van der Waals surface area (Å²) in [5.74, 6) is 1.50. The van der Waals surface area contributed by atoms with Crippen molar-refractivity contribution < 1.29 is 9.59 Å². The molecule has 28 heavy (non-hydrogen) atoms. The number of rotatable bonds is 2. The Labute approximate surface area is 165 Å². The summed E-state index contributed by atoms with van der Waals surface area (Å²) in [6, 6.07) is 1.62. The number of carbonyl (C=O) groups excluding carboxylic acids is 2. The molecule has 2 aromatic heterocycles. The third-order valence-electron chi connectivity index (χ3n) is 5.94. The molecule has 2 saturated heterocycles. The van der Waals surface area contributed by atoms with Gasteiger partial charge in [0.05, 0.1) is 17.2 Å². The van der Waals surface area contributed by atoms with Crippen molar-refractivity contribution in [1.29, 1.82) is 0 Å². The van der Waals surface area contributed by atoms with Crippen LogP contribution in [0.5, 0.6) is 0 Å². The molecular formula is C21H29N5O2. The number of nitrogens with zero attached hydrogens (tertiary/aromatic N) is 4. The first-order valence-electron chi connectivity index (χ1n) is 10.2. The van der Waals surface area contributed by atoms with E-state index in [0.717, 1.165) is 42.5 Å².